The molecule has 0 radical (unpaired) electrons. The van der Waals surface area contributed by atoms with E-state index in [1.54, 1.807) is 36.7 Å². The summed E-state index contributed by atoms with van der Waals surface area (Å²) in [4.78, 5) is 21.4. The average molecular weight is 488 g/mol. The van der Waals surface area contributed by atoms with Crippen molar-refractivity contribution in [1.29, 1.82) is 0 Å². The molecular formula is C29H34FN5O. The van der Waals surface area contributed by atoms with Gasteiger partial charge in [0.1, 0.15) is 5.82 Å². The molecule has 0 bridgehead atoms. The number of piperidine rings is 1. The zero-order valence-corrected chi connectivity index (χ0v) is 20.6. The van der Waals surface area contributed by atoms with E-state index in [-0.39, 0.29) is 17.8 Å². The van der Waals surface area contributed by atoms with Gasteiger partial charge in [0, 0.05) is 55.5 Å². The van der Waals surface area contributed by atoms with Gasteiger partial charge in [-0.2, -0.15) is 0 Å². The standard InChI is InChI=1S/C29H34FN5O/c30-24-10-8-22(9-11-24)28(35-15-1-2-16-35)21-32-25-12-17-34(18-13-25)27-7-3-6-26(19-27)33-29(36)23-5-4-14-31-20-23/h3-11,14,19-20,25,28,32H,1-2,12-13,15-18,21H2,(H,33,36)/t28-/m1/s1. The molecule has 1 atom stereocenters. The van der Waals surface area contributed by atoms with E-state index in [4.69, 9.17) is 0 Å². The van der Waals surface area contributed by atoms with Crippen LogP contribution in [0.2, 0.25) is 0 Å². The topological polar surface area (TPSA) is 60.5 Å². The number of likely N-dealkylation sites (tertiary alicyclic amines) is 1. The average Bonchev–Trinajstić information content (AvgIpc) is 3.46. The number of carbonyl (C=O) groups excluding carboxylic acids is 1. The molecule has 2 N–H and O–H groups in total. The number of hydrogen-bond acceptors (Lipinski definition) is 5. The van der Waals surface area contributed by atoms with Gasteiger partial charge < -0.3 is 15.5 Å². The van der Waals surface area contributed by atoms with E-state index in [1.165, 1.54) is 18.4 Å². The van der Waals surface area contributed by atoms with Crippen molar-refractivity contribution in [3.05, 3.63) is 90.0 Å². The number of nitrogens with one attached hydrogen (secondary N) is 2. The molecule has 0 unspecified atom stereocenters. The summed E-state index contributed by atoms with van der Waals surface area (Å²) >= 11 is 0. The van der Waals surface area contributed by atoms with E-state index in [0.29, 0.717) is 11.6 Å². The van der Waals surface area contributed by atoms with Crippen molar-refractivity contribution in [3.8, 4) is 0 Å². The second-order valence-corrected chi connectivity index (χ2v) is 9.73. The summed E-state index contributed by atoms with van der Waals surface area (Å²) in [6.07, 6.45) is 7.81. The number of amides is 1. The first-order valence-electron chi connectivity index (χ1n) is 12.9. The molecule has 7 heteroatoms. The lowest BCUT2D eigenvalue weighted by Gasteiger charge is -2.36. The Morgan fingerprint density at radius 2 is 1.78 bits per heavy atom. The number of benzene rings is 2. The number of hydrogen-bond donors (Lipinski definition) is 2. The highest BCUT2D eigenvalue weighted by Gasteiger charge is 2.26. The largest absolute Gasteiger partial charge is 0.371 e. The van der Waals surface area contributed by atoms with E-state index in [2.05, 4.69) is 31.5 Å². The Labute approximate surface area is 212 Å². The molecule has 36 heavy (non-hydrogen) atoms. The molecule has 2 aliphatic heterocycles. The lowest BCUT2D eigenvalue weighted by Crippen LogP contribution is -2.45. The van der Waals surface area contributed by atoms with E-state index < -0.39 is 0 Å². The van der Waals surface area contributed by atoms with Crippen LogP contribution in [-0.4, -0.2) is 54.6 Å². The Hall–Kier alpha value is -3.29. The Balaban J connectivity index is 1.15. The molecule has 0 aliphatic carbocycles. The van der Waals surface area contributed by atoms with Crippen LogP contribution in [0.4, 0.5) is 15.8 Å². The number of carbonyl (C=O) groups is 1. The van der Waals surface area contributed by atoms with Gasteiger partial charge in [0.15, 0.2) is 0 Å². The molecule has 2 aromatic carbocycles. The number of pyridine rings is 1. The molecule has 2 fully saturated rings. The number of halogens is 1. The van der Waals surface area contributed by atoms with Gasteiger partial charge in [0.25, 0.3) is 5.91 Å². The third kappa shape index (κ3) is 6.09. The fourth-order valence-corrected chi connectivity index (χ4v) is 5.30. The summed E-state index contributed by atoms with van der Waals surface area (Å²) < 4.78 is 13.5. The Morgan fingerprint density at radius 1 is 1.00 bits per heavy atom. The van der Waals surface area contributed by atoms with E-state index in [0.717, 1.165) is 56.9 Å². The van der Waals surface area contributed by atoms with Crippen LogP contribution in [0.1, 0.15) is 47.6 Å². The monoisotopic (exact) mass is 487 g/mol. The van der Waals surface area contributed by atoms with Gasteiger partial charge in [-0.05, 0) is 86.8 Å². The van der Waals surface area contributed by atoms with Gasteiger partial charge in [-0.1, -0.05) is 18.2 Å². The number of anilines is 2. The first kappa shape index (κ1) is 24.4. The van der Waals surface area contributed by atoms with Gasteiger partial charge in [-0.15, -0.1) is 0 Å². The lowest BCUT2D eigenvalue weighted by molar-refractivity contribution is 0.102. The van der Waals surface area contributed by atoms with Crippen LogP contribution in [-0.2, 0) is 0 Å². The minimum absolute atomic E-state index is 0.156. The van der Waals surface area contributed by atoms with Crippen LogP contribution in [0.15, 0.2) is 73.1 Å². The number of rotatable bonds is 8. The van der Waals surface area contributed by atoms with E-state index in [9.17, 15) is 9.18 Å². The molecule has 1 amide bonds. The summed E-state index contributed by atoms with van der Waals surface area (Å²) in [7, 11) is 0. The first-order valence-corrected chi connectivity index (χ1v) is 12.9. The van der Waals surface area contributed by atoms with Crippen molar-refractivity contribution in [2.24, 2.45) is 0 Å². The van der Waals surface area contributed by atoms with Crippen LogP contribution < -0.4 is 15.5 Å². The second kappa shape index (κ2) is 11.6. The molecule has 3 aromatic rings. The highest BCUT2D eigenvalue weighted by molar-refractivity contribution is 6.04. The molecule has 188 valence electrons. The van der Waals surface area contributed by atoms with E-state index in [1.807, 2.05) is 30.3 Å². The van der Waals surface area contributed by atoms with Crippen molar-refractivity contribution >= 4 is 17.3 Å². The predicted octanol–water partition coefficient (Wildman–Crippen LogP) is 4.87. The highest BCUT2D eigenvalue weighted by atomic mass is 19.1. The molecule has 1 aromatic heterocycles. The second-order valence-electron chi connectivity index (χ2n) is 9.73. The fourth-order valence-electron chi connectivity index (χ4n) is 5.30. The van der Waals surface area contributed by atoms with Crippen molar-refractivity contribution < 1.29 is 9.18 Å². The summed E-state index contributed by atoms with van der Waals surface area (Å²) in [6.45, 7) is 5.02. The molecule has 0 spiro atoms. The van der Waals surface area contributed by atoms with Crippen LogP contribution >= 0.6 is 0 Å². The molecule has 6 nitrogen and oxygen atoms in total. The summed E-state index contributed by atoms with van der Waals surface area (Å²) in [6, 6.07) is 19.3. The highest BCUT2D eigenvalue weighted by Crippen LogP contribution is 2.27. The van der Waals surface area contributed by atoms with Crippen molar-refractivity contribution in [2.75, 3.05) is 42.9 Å². The molecule has 3 heterocycles. The summed E-state index contributed by atoms with van der Waals surface area (Å²) in [5, 5.41) is 6.79. The SMILES string of the molecule is O=C(Nc1cccc(N2CCC(NC[C@H](c3ccc(F)cc3)N3CCCC3)CC2)c1)c1cccnc1. The summed E-state index contributed by atoms with van der Waals surface area (Å²) in [5.41, 5.74) is 3.64. The number of aromatic nitrogens is 1. The minimum atomic E-state index is -0.181. The van der Waals surface area contributed by atoms with Gasteiger partial charge in [0.05, 0.1) is 5.56 Å². The smallest absolute Gasteiger partial charge is 0.257 e. The maximum Gasteiger partial charge on any atom is 0.257 e. The van der Waals surface area contributed by atoms with Crippen LogP contribution in [0.25, 0.3) is 0 Å². The summed E-state index contributed by atoms with van der Waals surface area (Å²) in [5.74, 6) is -0.336. The normalized spacial score (nSPS) is 17.8. The van der Waals surface area contributed by atoms with Gasteiger partial charge in [-0.3, -0.25) is 14.7 Å². The molecule has 5 rings (SSSR count). The fraction of sp³-hybridized carbons (Fsp3) is 0.379. The third-order valence-corrected chi connectivity index (χ3v) is 7.32. The third-order valence-electron chi connectivity index (χ3n) is 7.32. The maximum atomic E-state index is 13.5. The number of nitrogens with zero attached hydrogens (tertiary/aromatic N) is 3. The van der Waals surface area contributed by atoms with Gasteiger partial charge in [0.2, 0.25) is 0 Å². The zero-order chi connectivity index (χ0) is 24.7. The minimum Gasteiger partial charge on any atom is -0.371 e. The predicted molar refractivity (Wildman–Crippen MR) is 142 cm³/mol. The van der Waals surface area contributed by atoms with Crippen molar-refractivity contribution in [1.82, 2.24) is 15.2 Å². The van der Waals surface area contributed by atoms with Crippen molar-refractivity contribution in [2.45, 2.75) is 37.8 Å². The molecule has 2 aliphatic rings. The first-order chi connectivity index (χ1) is 17.7. The lowest BCUT2D eigenvalue weighted by atomic mass is 10.0. The molecule has 0 saturated carbocycles. The van der Waals surface area contributed by atoms with Crippen molar-refractivity contribution in [3.63, 3.8) is 0 Å². The molecular weight excluding hydrogens is 453 g/mol. The van der Waals surface area contributed by atoms with Crippen LogP contribution in [0.3, 0.4) is 0 Å². The maximum absolute atomic E-state index is 13.5. The Kier molecular flexibility index (Phi) is 7.88. The Bertz CT molecular complexity index is 1130. The van der Waals surface area contributed by atoms with Gasteiger partial charge >= 0.3 is 0 Å². The molecule has 2 saturated heterocycles. The van der Waals surface area contributed by atoms with Crippen LogP contribution in [0, 0.1) is 5.82 Å². The Morgan fingerprint density at radius 3 is 2.50 bits per heavy atom. The van der Waals surface area contributed by atoms with Crippen LogP contribution in [0.5, 0.6) is 0 Å². The van der Waals surface area contributed by atoms with E-state index >= 15 is 0 Å². The quantitative estimate of drug-likeness (QED) is 0.475. The zero-order valence-electron chi connectivity index (χ0n) is 20.6. The van der Waals surface area contributed by atoms with Gasteiger partial charge in [-0.25, -0.2) is 4.39 Å².